The monoisotopic (exact) mass is 594 g/mol. The Labute approximate surface area is 248 Å². The normalized spacial score (nSPS) is 15.0. The number of ether oxygens (including phenoxy) is 2. The molecule has 10 heteroatoms. The number of fused-ring (bicyclic) bond motifs is 1. The third kappa shape index (κ3) is 7.68. The fourth-order valence-electron chi connectivity index (χ4n) is 4.57. The Bertz CT molecular complexity index is 1480. The van der Waals surface area contributed by atoms with Crippen molar-refractivity contribution in [3.05, 3.63) is 93.5 Å². The first-order valence-corrected chi connectivity index (χ1v) is 14.6. The maximum Gasteiger partial charge on any atom is 0.327 e. The van der Waals surface area contributed by atoms with Gasteiger partial charge in [-0.1, -0.05) is 41.6 Å². The molecule has 0 spiro atoms. The number of nitrogens with one attached hydrogen (secondary N) is 2. The van der Waals surface area contributed by atoms with Crippen molar-refractivity contribution < 1.29 is 28.7 Å². The Balaban J connectivity index is 1.55. The number of anilines is 2. The second kappa shape index (κ2) is 13.7. The molecule has 2 N–H and O–H groups in total. The Morgan fingerprint density at radius 3 is 2.54 bits per heavy atom. The van der Waals surface area contributed by atoms with Gasteiger partial charge < -0.3 is 20.1 Å². The highest BCUT2D eigenvalue weighted by molar-refractivity contribution is 8.01. The summed E-state index contributed by atoms with van der Waals surface area (Å²) in [6.07, 6.45) is 0.699. The van der Waals surface area contributed by atoms with Crippen LogP contribution in [0.3, 0.4) is 0 Å². The van der Waals surface area contributed by atoms with Crippen LogP contribution >= 0.6 is 23.4 Å². The van der Waals surface area contributed by atoms with Crippen molar-refractivity contribution in [2.75, 3.05) is 23.1 Å². The largest absolute Gasteiger partial charge is 0.456 e. The highest BCUT2D eigenvalue weighted by Crippen LogP contribution is 2.35. The summed E-state index contributed by atoms with van der Waals surface area (Å²) in [5.74, 6) is -2.21. The molecule has 0 radical (unpaired) electrons. The van der Waals surface area contributed by atoms with Gasteiger partial charge in [0.15, 0.2) is 11.0 Å². The second-order valence-corrected chi connectivity index (χ2v) is 11.2. The van der Waals surface area contributed by atoms with Gasteiger partial charge in [0.25, 0.3) is 5.91 Å². The summed E-state index contributed by atoms with van der Waals surface area (Å²) in [6, 6.07) is 17.5. The highest BCUT2D eigenvalue weighted by atomic mass is 35.5. The Hall–Kier alpha value is -3.82. The molecule has 4 rings (SSSR count). The van der Waals surface area contributed by atoms with E-state index in [-0.39, 0.29) is 11.8 Å². The average Bonchev–Trinajstić information content (AvgIpc) is 3.12. The number of carbonyl (C=O) groups excluding carboxylic acids is 4. The van der Waals surface area contributed by atoms with E-state index in [1.807, 2.05) is 25.1 Å². The first-order valence-electron chi connectivity index (χ1n) is 13.1. The molecular weight excluding hydrogens is 564 g/mol. The van der Waals surface area contributed by atoms with Gasteiger partial charge >= 0.3 is 11.9 Å². The van der Waals surface area contributed by atoms with Crippen LogP contribution in [0, 0.1) is 13.8 Å². The summed E-state index contributed by atoms with van der Waals surface area (Å²) < 4.78 is 10.9. The number of hydrogen-bond donors (Lipinski definition) is 2. The van der Waals surface area contributed by atoms with Gasteiger partial charge in [-0.05, 0) is 80.3 Å². The predicted molar refractivity (Wildman–Crippen MR) is 161 cm³/mol. The molecule has 0 saturated heterocycles. The van der Waals surface area contributed by atoms with Gasteiger partial charge in [-0.2, -0.15) is 0 Å². The molecule has 1 heterocycles. The number of Topliss-reactive ketones (excluding diaryl/α,β-unsaturated/α-hetero) is 1. The maximum atomic E-state index is 13.7. The molecule has 1 amide bonds. The van der Waals surface area contributed by atoms with E-state index in [1.165, 1.54) is 6.92 Å². The van der Waals surface area contributed by atoms with Gasteiger partial charge in [0.1, 0.15) is 12.0 Å². The number of amides is 1. The van der Waals surface area contributed by atoms with Crippen LogP contribution in [0.5, 0.6) is 0 Å². The topological polar surface area (TPSA) is 111 Å². The molecule has 2 unspecified atom stereocenters. The number of esters is 2. The zero-order valence-corrected chi connectivity index (χ0v) is 24.6. The van der Waals surface area contributed by atoms with E-state index in [0.717, 1.165) is 35.0 Å². The lowest BCUT2D eigenvalue weighted by molar-refractivity contribution is -0.148. The summed E-state index contributed by atoms with van der Waals surface area (Å²) in [7, 11) is 0. The number of thioether (sulfide) groups is 1. The molecule has 0 aromatic heterocycles. The molecule has 1 aliphatic rings. The van der Waals surface area contributed by atoms with Crippen LogP contribution in [0.2, 0.25) is 5.02 Å². The molecule has 1 aliphatic heterocycles. The molecule has 0 aliphatic carbocycles. The third-order valence-electron chi connectivity index (χ3n) is 6.67. The molecule has 214 valence electrons. The van der Waals surface area contributed by atoms with Crippen LogP contribution in [0.1, 0.15) is 63.3 Å². The number of hydrogen-bond acceptors (Lipinski definition) is 8. The number of aryl methyl sites for hydroxylation is 2. The van der Waals surface area contributed by atoms with E-state index in [4.69, 9.17) is 21.1 Å². The van der Waals surface area contributed by atoms with E-state index in [0.29, 0.717) is 40.4 Å². The van der Waals surface area contributed by atoms with Crippen molar-refractivity contribution in [3.8, 4) is 0 Å². The van der Waals surface area contributed by atoms with Gasteiger partial charge in [0.05, 0.1) is 0 Å². The molecule has 0 bridgehead atoms. The summed E-state index contributed by atoms with van der Waals surface area (Å²) in [5, 5.41) is 5.40. The van der Waals surface area contributed by atoms with E-state index in [1.54, 1.807) is 49.4 Å². The zero-order chi connectivity index (χ0) is 29.5. The number of halogens is 1. The van der Waals surface area contributed by atoms with Gasteiger partial charge in [-0.15, -0.1) is 0 Å². The quantitative estimate of drug-likeness (QED) is 0.125. The van der Waals surface area contributed by atoms with Crippen LogP contribution in [0.25, 0.3) is 0 Å². The van der Waals surface area contributed by atoms with Crippen molar-refractivity contribution in [3.63, 3.8) is 0 Å². The summed E-state index contributed by atoms with van der Waals surface area (Å²) in [6.45, 7) is 5.54. The lowest BCUT2D eigenvalue weighted by atomic mass is 10.0. The van der Waals surface area contributed by atoms with E-state index < -0.39 is 29.1 Å². The van der Waals surface area contributed by atoms with Gasteiger partial charge in [-0.3, -0.25) is 19.2 Å². The maximum absolute atomic E-state index is 13.7. The van der Waals surface area contributed by atoms with Crippen LogP contribution in [-0.4, -0.2) is 41.4 Å². The smallest absolute Gasteiger partial charge is 0.327 e. The molecule has 8 nitrogen and oxygen atoms in total. The number of ketones is 1. The van der Waals surface area contributed by atoms with Gasteiger partial charge in [0.2, 0.25) is 0 Å². The Morgan fingerprint density at radius 2 is 1.80 bits per heavy atom. The van der Waals surface area contributed by atoms with E-state index in [9.17, 15) is 19.2 Å². The second-order valence-electron chi connectivity index (χ2n) is 9.69. The van der Waals surface area contributed by atoms with Crippen LogP contribution in [0.4, 0.5) is 11.4 Å². The minimum atomic E-state index is -1.28. The fourth-order valence-corrected chi connectivity index (χ4v) is 5.59. The molecular formula is C31H31ClN2O6S. The molecule has 2 atom stereocenters. The fraction of sp³-hybridized carbons (Fsp3) is 0.290. The van der Waals surface area contributed by atoms with Crippen molar-refractivity contribution >= 4 is 58.4 Å². The van der Waals surface area contributed by atoms with Gasteiger partial charge in [-0.25, -0.2) is 0 Å². The summed E-state index contributed by atoms with van der Waals surface area (Å²) >= 11 is 7.11. The van der Waals surface area contributed by atoms with Crippen LogP contribution in [0.15, 0.2) is 60.7 Å². The van der Waals surface area contributed by atoms with E-state index >= 15 is 0 Å². The van der Waals surface area contributed by atoms with Crippen molar-refractivity contribution in [2.45, 2.75) is 45.0 Å². The van der Waals surface area contributed by atoms with Crippen molar-refractivity contribution in [2.24, 2.45) is 0 Å². The standard InChI is InChI=1S/C31H31ClN2O6S/c1-18-7-4-5-8-24(18)30(37)34-22-11-12-23(19(2)15-22)28(36)29(41-17-39-20(3)35)31(38)40-27-9-6-14-33-26-13-10-21(32)16-25(26)27/h4-5,7-8,10-13,15-16,27,29,33H,6,9,14,17H2,1-3H3,(H,34,37). The van der Waals surface area contributed by atoms with E-state index in [2.05, 4.69) is 10.6 Å². The predicted octanol–water partition coefficient (Wildman–Crippen LogP) is 6.50. The zero-order valence-electron chi connectivity index (χ0n) is 23.0. The Morgan fingerprint density at radius 1 is 1.02 bits per heavy atom. The highest BCUT2D eigenvalue weighted by Gasteiger charge is 2.34. The third-order valence-corrected chi connectivity index (χ3v) is 7.89. The molecule has 3 aromatic rings. The van der Waals surface area contributed by atoms with Crippen molar-refractivity contribution in [1.29, 1.82) is 0 Å². The molecule has 0 fully saturated rings. The number of benzene rings is 3. The molecule has 3 aromatic carbocycles. The first-order chi connectivity index (χ1) is 19.6. The summed E-state index contributed by atoms with van der Waals surface area (Å²) in [5.41, 5.74) is 4.32. The number of rotatable bonds is 9. The lowest BCUT2D eigenvalue weighted by Crippen LogP contribution is -2.31. The number of carbonyl (C=O) groups is 4. The van der Waals surface area contributed by atoms with Gasteiger partial charge in [0, 0.05) is 46.6 Å². The summed E-state index contributed by atoms with van der Waals surface area (Å²) in [4.78, 5) is 51.3. The minimum absolute atomic E-state index is 0.195. The average molecular weight is 595 g/mol. The molecule has 0 saturated carbocycles. The lowest BCUT2D eigenvalue weighted by Gasteiger charge is -2.22. The first kappa shape index (κ1) is 30.1. The van der Waals surface area contributed by atoms with Crippen molar-refractivity contribution in [1.82, 2.24) is 0 Å². The Kier molecular flexibility index (Phi) is 10.1. The minimum Gasteiger partial charge on any atom is -0.456 e. The SMILES string of the molecule is CC(=O)OCSC(C(=O)OC1CCCNc2ccc(Cl)cc21)C(=O)c1ccc(NC(=O)c2ccccc2C)cc1C. The van der Waals surface area contributed by atoms with Crippen LogP contribution in [-0.2, 0) is 19.1 Å². The molecule has 41 heavy (non-hydrogen) atoms. The van der Waals surface area contributed by atoms with Crippen LogP contribution < -0.4 is 10.6 Å².